The maximum Gasteiger partial charge on any atom is 0.224 e. The van der Waals surface area contributed by atoms with Crippen LogP contribution in [0.15, 0.2) is 24.3 Å². The van der Waals surface area contributed by atoms with Crippen molar-refractivity contribution >= 4 is 29.3 Å². The van der Waals surface area contributed by atoms with Crippen molar-refractivity contribution in [1.82, 2.24) is 10.2 Å². The van der Waals surface area contributed by atoms with E-state index >= 15 is 0 Å². The standard InChI is InChI=1S/C14H19ClN2OS/c1-19-9-6-14(18)17-8-7-16-10-13(17)11-4-2-3-5-12(11)15/h2-5,13,16H,6-10H2,1H3. The van der Waals surface area contributed by atoms with E-state index in [-0.39, 0.29) is 11.9 Å². The van der Waals surface area contributed by atoms with E-state index in [1.807, 2.05) is 35.4 Å². The Labute approximate surface area is 123 Å². The van der Waals surface area contributed by atoms with Crippen molar-refractivity contribution < 1.29 is 4.79 Å². The lowest BCUT2D eigenvalue weighted by Gasteiger charge is -2.37. The summed E-state index contributed by atoms with van der Waals surface area (Å²) in [6.07, 6.45) is 2.62. The number of halogens is 1. The second kappa shape index (κ2) is 7.17. The number of hydrogen-bond donors (Lipinski definition) is 1. The van der Waals surface area contributed by atoms with Crippen LogP contribution >= 0.6 is 23.4 Å². The van der Waals surface area contributed by atoms with E-state index in [9.17, 15) is 4.79 Å². The second-order valence-corrected chi connectivity index (χ2v) is 5.96. The summed E-state index contributed by atoms with van der Waals surface area (Å²) in [5, 5.41) is 4.08. The molecule has 1 aliphatic heterocycles. The lowest BCUT2D eigenvalue weighted by Crippen LogP contribution is -2.48. The average molecular weight is 299 g/mol. The number of carbonyl (C=O) groups excluding carboxylic acids is 1. The summed E-state index contributed by atoms with van der Waals surface area (Å²) < 4.78 is 0. The van der Waals surface area contributed by atoms with Crippen LogP contribution in [0.1, 0.15) is 18.0 Å². The number of piperazine rings is 1. The lowest BCUT2D eigenvalue weighted by molar-refractivity contribution is -0.134. The van der Waals surface area contributed by atoms with Gasteiger partial charge in [0.25, 0.3) is 0 Å². The molecule has 3 nitrogen and oxygen atoms in total. The summed E-state index contributed by atoms with van der Waals surface area (Å²) in [6, 6.07) is 7.84. The molecule has 1 aromatic rings. The van der Waals surface area contributed by atoms with Gasteiger partial charge in [0, 0.05) is 36.8 Å². The first kappa shape index (κ1) is 14.7. The van der Waals surface area contributed by atoms with Gasteiger partial charge >= 0.3 is 0 Å². The van der Waals surface area contributed by atoms with E-state index in [4.69, 9.17) is 11.6 Å². The van der Waals surface area contributed by atoms with Gasteiger partial charge in [-0.1, -0.05) is 29.8 Å². The minimum atomic E-state index is 0.0526. The van der Waals surface area contributed by atoms with Crippen LogP contribution in [0.25, 0.3) is 0 Å². The summed E-state index contributed by atoms with van der Waals surface area (Å²) in [6.45, 7) is 2.38. The lowest BCUT2D eigenvalue weighted by atomic mass is 10.0. The first-order chi connectivity index (χ1) is 9.24. The smallest absolute Gasteiger partial charge is 0.224 e. The Morgan fingerprint density at radius 1 is 1.53 bits per heavy atom. The van der Waals surface area contributed by atoms with Gasteiger partial charge in [-0.3, -0.25) is 4.79 Å². The third-order valence-electron chi connectivity index (χ3n) is 3.35. The summed E-state index contributed by atoms with van der Waals surface area (Å²) in [4.78, 5) is 14.3. The molecule has 0 bridgehead atoms. The van der Waals surface area contributed by atoms with Crippen LogP contribution in [-0.2, 0) is 4.79 Å². The van der Waals surface area contributed by atoms with Gasteiger partial charge in [-0.05, 0) is 17.9 Å². The highest BCUT2D eigenvalue weighted by Gasteiger charge is 2.28. The second-order valence-electron chi connectivity index (χ2n) is 4.57. The molecule has 1 unspecified atom stereocenters. The number of hydrogen-bond acceptors (Lipinski definition) is 3. The zero-order valence-corrected chi connectivity index (χ0v) is 12.6. The van der Waals surface area contributed by atoms with Gasteiger partial charge in [-0.15, -0.1) is 0 Å². The quantitative estimate of drug-likeness (QED) is 0.927. The van der Waals surface area contributed by atoms with Crippen molar-refractivity contribution in [2.45, 2.75) is 12.5 Å². The van der Waals surface area contributed by atoms with E-state index < -0.39 is 0 Å². The summed E-state index contributed by atoms with van der Waals surface area (Å²) in [5.74, 6) is 1.10. The molecular weight excluding hydrogens is 280 g/mol. The van der Waals surface area contributed by atoms with E-state index in [0.717, 1.165) is 36.0 Å². The first-order valence-corrected chi connectivity index (χ1v) is 8.24. The molecule has 0 aliphatic carbocycles. The largest absolute Gasteiger partial charge is 0.333 e. The Balaban J connectivity index is 2.16. The maximum absolute atomic E-state index is 12.3. The van der Waals surface area contributed by atoms with E-state index in [1.165, 1.54) is 0 Å². The fourth-order valence-electron chi connectivity index (χ4n) is 2.36. The van der Waals surface area contributed by atoms with E-state index in [2.05, 4.69) is 5.32 Å². The van der Waals surface area contributed by atoms with Crippen LogP contribution in [0, 0.1) is 0 Å². The van der Waals surface area contributed by atoms with Crippen LogP contribution in [0.3, 0.4) is 0 Å². The zero-order chi connectivity index (χ0) is 13.7. The van der Waals surface area contributed by atoms with Crippen molar-refractivity contribution in [3.05, 3.63) is 34.9 Å². The molecule has 1 N–H and O–H groups in total. The average Bonchev–Trinajstić information content (AvgIpc) is 2.45. The summed E-state index contributed by atoms with van der Waals surface area (Å²) in [7, 11) is 0. The van der Waals surface area contributed by atoms with Crippen molar-refractivity contribution in [1.29, 1.82) is 0 Å². The van der Waals surface area contributed by atoms with Gasteiger partial charge < -0.3 is 10.2 Å². The molecule has 0 saturated carbocycles. The van der Waals surface area contributed by atoms with Crippen molar-refractivity contribution in [2.24, 2.45) is 0 Å². The number of benzene rings is 1. The Morgan fingerprint density at radius 2 is 2.32 bits per heavy atom. The van der Waals surface area contributed by atoms with Crippen molar-refractivity contribution in [3.8, 4) is 0 Å². The molecule has 1 fully saturated rings. The Hall–Kier alpha value is -0.710. The predicted octanol–water partition coefficient (Wildman–Crippen LogP) is 2.57. The topological polar surface area (TPSA) is 32.3 Å². The summed E-state index contributed by atoms with van der Waals surface area (Å²) >= 11 is 7.97. The minimum Gasteiger partial charge on any atom is -0.333 e. The molecule has 19 heavy (non-hydrogen) atoms. The molecule has 1 aliphatic rings. The van der Waals surface area contributed by atoms with Crippen LogP contribution in [0.5, 0.6) is 0 Å². The Morgan fingerprint density at radius 3 is 3.05 bits per heavy atom. The van der Waals surface area contributed by atoms with Gasteiger partial charge in [0.15, 0.2) is 0 Å². The molecule has 1 amide bonds. The van der Waals surface area contributed by atoms with Gasteiger partial charge in [-0.25, -0.2) is 0 Å². The highest BCUT2D eigenvalue weighted by Crippen LogP contribution is 2.28. The molecule has 0 spiro atoms. The summed E-state index contributed by atoms with van der Waals surface area (Å²) in [5.41, 5.74) is 1.04. The molecule has 104 valence electrons. The zero-order valence-electron chi connectivity index (χ0n) is 11.1. The monoisotopic (exact) mass is 298 g/mol. The number of amides is 1. The molecule has 1 saturated heterocycles. The molecule has 1 aromatic carbocycles. The molecule has 0 radical (unpaired) electrons. The highest BCUT2D eigenvalue weighted by atomic mass is 35.5. The molecule has 5 heteroatoms. The maximum atomic E-state index is 12.3. The molecule has 0 aromatic heterocycles. The number of nitrogens with one attached hydrogen (secondary N) is 1. The predicted molar refractivity (Wildman–Crippen MR) is 81.8 cm³/mol. The molecule has 1 heterocycles. The Kier molecular flexibility index (Phi) is 5.55. The van der Waals surface area contributed by atoms with E-state index in [0.29, 0.717) is 6.42 Å². The number of thioether (sulfide) groups is 1. The number of rotatable bonds is 4. The normalized spacial score (nSPS) is 19.5. The van der Waals surface area contributed by atoms with Crippen LogP contribution in [0.4, 0.5) is 0 Å². The molecule has 2 rings (SSSR count). The fraction of sp³-hybridized carbons (Fsp3) is 0.500. The third kappa shape index (κ3) is 3.65. The van der Waals surface area contributed by atoms with Crippen LogP contribution in [-0.4, -0.2) is 42.4 Å². The number of carbonyl (C=O) groups is 1. The molecule has 1 atom stereocenters. The first-order valence-electron chi connectivity index (χ1n) is 6.47. The van der Waals surface area contributed by atoms with Gasteiger partial charge in [0.1, 0.15) is 0 Å². The van der Waals surface area contributed by atoms with Gasteiger partial charge in [-0.2, -0.15) is 11.8 Å². The van der Waals surface area contributed by atoms with Crippen molar-refractivity contribution in [3.63, 3.8) is 0 Å². The minimum absolute atomic E-state index is 0.0526. The highest BCUT2D eigenvalue weighted by molar-refractivity contribution is 7.98. The van der Waals surface area contributed by atoms with Gasteiger partial charge in [0.2, 0.25) is 5.91 Å². The number of nitrogens with zero attached hydrogens (tertiary/aromatic N) is 1. The van der Waals surface area contributed by atoms with E-state index in [1.54, 1.807) is 11.8 Å². The van der Waals surface area contributed by atoms with Crippen LogP contribution < -0.4 is 5.32 Å². The SMILES string of the molecule is CSCCC(=O)N1CCNCC1c1ccccc1Cl. The third-order valence-corrected chi connectivity index (χ3v) is 4.30. The van der Waals surface area contributed by atoms with Crippen LogP contribution in [0.2, 0.25) is 5.02 Å². The molecular formula is C14H19ClN2OS. The van der Waals surface area contributed by atoms with Crippen molar-refractivity contribution in [2.75, 3.05) is 31.6 Å². The Bertz CT molecular complexity index is 441. The fourth-order valence-corrected chi connectivity index (χ4v) is 3.00. The van der Waals surface area contributed by atoms with Gasteiger partial charge in [0.05, 0.1) is 6.04 Å².